The van der Waals surface area contributed by atoms with E-state index in [0.29, 0.717) is 6.04 Å². The van der Waals surface area contributed by atoms with Gasteiger partial charge in [0.25, 0.3) is 0 Å². The molecular formula is C17H27NO2. The van der Waals surface area contributed by atoms with Crippen molar-refractivity contribution in [2.45, 2.75) is 57.6 Å². The molecule has 3 heteroatoms. The fourth-order valence-electron chi connectivity index (χ4n) is 3.08. The van der Waals surface area contributed by atoms with Gasteiger partial charge in [0.05, 0.1) is 7.11 Å². The first-order valence-electron chi connectivity index (χ1n) is 7.72. The molecule has 0 radical (unpaired) electrons. The van der Waals surface area contributed by atoms with E-state index in [1.54, 1.807) is 7.11 Å². The lowest BCUT2D eigenvalue weighted by Gasteiger charge is -2.42. The molecule has 0 saturated heterocycles. The monoisotopic (exact) mass is 277 g/mol. The predicted molar refractivity (Wildman–Crippen MR) is 82.6 cm³/mol. The number of methoxy groups -OCH3 is 1. The average molecular weight is 277 g/mol. The quantitative estimate of drug-likeness (QED) is 0.850. The van der Waals surface area contributed by atoms with E-state index in [1.807, 2.05) is 19.2 Å². The van der Waals surface area contributed by atoms with Gasteiger partial charge in [0.2, 0.25) is 0 Å². The first-order chi connectivity index (χ1) is 9.68. The van der Waals surface area contributed by atoms with Crippen molar-refractivity contribution in [2.75, 3.05) is 14.2 Å². The van der Waals surface area contributed by atoms with Crippen LogP contribution in [0.1, 0.15) is 57.6 Å². The van der Waals surface area contributed by atoms with E-state index < -0.39 is 0 Å². The summed E-state index contributed by atoms with van der Waals surface area (Å²) in [6.07, 6.45) is 5.62. The van der Waals surface area contributed by atoms with Crippen LogP contribution in [-0.4, -0.2) is 19.8 Å². The second-order valence-corrected chi connectivity index (χ2v) is 5.69. The van der Waals surface area contributed by atoms with E-state index in [9.17, 15) is 0 Å². The molecule has 0 aliphatic carbocycles. The highest BCUT2D eigenvalue weighted by atomic mass is 16.5. The number of ether oxygens (including phenoxy) is 2. The molecule has 0 fully saturated rings. The standard InChI is InChI=1S/C17H27NO2/c1-5-7-10-17(6-2)12-15(18-3)14-9-8-13(19-4)11-16(14)20-17/h8-9,11,15,18H,5-7,10,12H2,1-4H3. The number of rotatable bonds is 6. The van der Waals surface area contributed by atoms with Crippen LogP contribution in [0.2, 0.25) is 0 Å². The fourth-order valence-corrected chi connectivity index (χ4v) is 3.08. The Balaban J connectivity index is 2.33. The van der Waals surface area contributed by atoms with Crippen LogP contribution in [0.25, 0.3) is 0 Å². The molecule has 0 saturated carbocycles. The molecule has 0 bridgehead atoms. The van der Waals surface area contributed by atoms with Gasteiger partial charge in [-0.1, -0.05) is 26.3 Å². The van der Waals surface area contributed by atoms with Crippen LogP contribution in [-0.2, 0) is 0 Å². The maximum absolute atomic E-state index is 6.43. The first kappa shape index (κ1) is 15.2. The van der Waals surface area contributed by atoms with E-state index in [-0.39, 0.29) is 5.60 Å². The summed E-state index contributed by atoms with van der Waals surface area (Å²) in [4.78, 5) is 0. The minimum atomic E-state index is -0.0386. The second kappa shape index (κ2) is 6.49. The minimum absolute atomic E-state index is 0.0386. The van der Waals surface area contributed by atoms with Crippen LogP contribution in [0, 0.1) is 0 Å². The van der Waals surface area contributed by atoms with Gasteiger partial charge >= 0.3 is 0 Å². The molecule has 1 aliphatic rings. The number of benzene rings is 1. The zero-order valence-corrected chi connectivity index (χ0v) is 13.2. The highest BCUT2D eigenvalue weighted by Gasteiger charge is 2.38. The SMILES string of the molecule is CCCCC1(CC)CC(NC)c2ccc(OC)cc2O1. The summed E-state index contributed by atoms with van der Waals surface area (Å²) in [5.74, 6) is 1.84. The Labute approximate surface area is 122 Å². The minimum Gasteiger partial charge on any atom is -0.497 e. The van der Waals surface area contributed by atoms with Crippen LogP contribution in [0.5, 0.6) is 11.5 Å². The van der Waals surface area contributed by atoms with Gasteiger partial charge in [0, 0.05) is 24.1 Å². The zero-order chi connectivity index (χ0) is 14.6. The highest BCUT2D eigenvalue weighted by Crippen LogP contribution is 2.44. The van der Waals surface area contributed by atoms with Gasteiger partial charge in [-0.15, -0.1) is 0 Å². The van der Waals surface area contributed by atoms with Crippen molar-refractivity contribution in [3.63, 3.8) is 0 Å². The molecule has 0 aromatic heterocycles. The molecule has 2 rings (SSSR count). The highest BCUT2D eigenvalue weighted by molar-refractivity contribution is 5.44. The molecule has 112 valence electrons. The summed E-state index contributed by atoms with van der Waals surface area (Å²) >= 11 is 0. The molecule has 1 heterocycles. The fraction of sp³-hybridized carbons (Fsp3) is 0.647. The van der Waals surface area contributed by atoms with Gasteiger partial charge in [-0.25, -0.2) is 0 Å². The molecule has 1 aromatic carbocycles. The van der Waals surface area contributed by atoms with Gasteiger partial charge in [0.15, 0.2) is 0 Å². The molecule has 20 heavy (non-hydrogen) atoms. The lowest BCUT2D eigenvalue weighted by Crippen LogP contribution is -2.43. The molecule has 0 amide bonds. The topological polar surface area (TPSA) is 30.5 Å². The number of nitrogens with one attached hydrogen (secondary N) is 1. The van der Waals surface area contributed by atoms with Crippen molar-refractivity contribution >= 4 is 0 Å². The van der Waals surface area contributed by atoms with Crippen LogP contribution < -0.4 is 14.8 Å². The Bertz CT molecular complexity index is 447. The largest absolute Gasteiger partial charge is 0.497 e. The van der Waals surface area contributed by atoms with Gasteiger partial charge in [0.1, 0.15) is 17.1 Å². The number of fused-ring (bicyclic) bond motifs is 1. The van der Waals surface area contributed by atoms with E-state index in [0.717, 1.165) is 30.8 Å². The van der Waals surface area contributed by atoms with E-state index in [1.165, 1.54) is 18.4 Å². The summed E-state index contributed by atoms with van der Waals surface area (Å²) < 4.78 is 11.8. The summed E-state index contributed by atoms with van der Waals surface area (Å²) in [6.45, 7) is 4.46. The predicted octanol–water partition coefficient (Wildman–Crippen LogP) is 4.08. The average Bonchev–Trinajstić information content (AvgIpc) is 2.51. The van der Waals surface area contributed by atoms with Gasteiger partial charge < -0.3 is 14.8 Å². The third-order valence-corrected chi connectivity index (χ3v) is 4.48. The van der Waals surface area contributed by atoms with Gasteiger partial charge in [-0.3, -0.25) is 0 Å². The zero-order valence-electron chi connectivity index (χ0n) is 13.2. The number of hydrogen-bond donors (Lipinski definition) is 1. The lowest BCUT2D eigenvalue weighted by molar-refractivity contribution is 0.0173. The lowest BCUT2D eigenvalue weighted by atomic mass is 9.82. The number of hydrogen-bond acceptors (Lipinski definition) is 3. The summed E-state index contributed by atoms with van der Waals surface area (Å²) in [7, 11) is 3.73. The van der Waals surface area contributed by atoms with Gasteiger partial charge in [-0.05, 0) is 32.4 Å². The maximum atomic E-state index is 6.43. The maximum Gasteiger partial charge on any atom is 0.128 e. The van der Waals surface area contributed by atoms with E-state index in [2.05, 4.69) is 25.2 Å². The molecular weight excluding hydrogens is 250 g/mol. The third kappa shape index (κ3) is 2.93. The van der Waals surface area contributed by atoms with Crippen molar-refractivity contribution in [2.24, 2.45) is 0 Å². The molecule has 2 unspecified atom stereocenters. The Kier molecular flexibility index (Phi) is 4.92. The second-order valence-electron chi connectivity index (χ2n) is 5.69. The molecule has 1 N–H and O–H groups in total. The third-order valence-electron chi connectivity index (χ3n) is 4.48. The Hall–Kier alpha value is -1.22. The first-order valence-corrected chi connectivity index (χ1v) is 7.72. The molecule has 2 atom stereocenters. The Morgan fingerprint density at radius 2 is 2.20 bits per heavy atom. The number of unbranched alkanes of at least 4 members (excludes halogenated alkanes) is 1. The summed E-state index contributed by atoms with van der Waals surface area (Å²) in [5, 5.41) is 3.44. The van der Waals surface area contributed by atoms with Crippen molar-refractivity contribution in [3.8, 4) is 11.5 Å². The molecule has 0 spiro atoms. The van der Waals surface area contributed by atoms with Crippen molar-refractivity contribution < 1.29 is 9.47 Å². The molecule has 1 aromatic rings. The van der Waals surface area contributed by atoms with Gasteiger partial charge in [-0.2, -0.15) is 0 Å². The molecule has 3 nitrogen and oxygen atoms in total. The normalized spacial score (nSPS) is 24.9. The van der Waals surface area contributed by atoms with Crippen molar-refractivity contribution in [1.29, 1.82) is 0 Å². The smallest absolute Gasteiger partial charge is 0.128 e. The van der Waals surface area contributed by atoms with Crippen LogP contribution in [0.15, 0.2) is 18.2 Å². The van der Waals surface area contributed by atoms with Crippen molar-refractivity contribution in [1.82, 2.24) is 5.32 Å². The van der Waals surface area contributed by atoms with E-state index >= 15 is 0 Å². The van der Waals surface area contributed by atoms with Crippen LogP contribution in [0.3, 0.4) is 0 Å². The summed E-state index contributed by atoms with van der Waals surface area (Å²) in [6, 6.07) is 6.52. The molecule has 1 aliphatic heterocycles. The Morgan fingerprint density at radius 3 is 2.80 bits per heavy atom. The van der Waals surface area contributed by atoms with Crippen LogP contribution >= 0.6 is 0 Å². The summed E-state index contributed by atoms with van der Waals surface area (Å²) in [5.41, 5.74) is 1.21. The van der Waals surface area contributed by atoms with Crippen LogP contribution in [0.4, 0.5) is 0 Å². The van der Waals surface area contributed by atoms with Crippen molar-refractivity contribution in [3.05, 3.63) is 23.8 Å². The Morgan fingerprint density at radius 1 is 1.40 bits per heavy atom. The van der Waals surface area contributed by atoms with E-state index in [4.69, 9.17) is 9.47 Å².